The van der Waals surface area contributed by atoms with Crippen LogP contribution in [-0.2, 0) is 4.79 Å². The molecule has 0 unspecified atom stereocenters. The van der Waals surface area contributed by atoms with Crippen LogP contribution >= 0.6 is 0 Å². The van der Waals surface area contributed by atoms with Gasteiger partial charge in [-0.05, 0) is 62.3 Å². The monoisotopic (exact) mass is 249 g/mol. The molecule has 0 aromatic rings. The molecule has 0 aromatic carbocycles. The van der Waals surface area contributed by atoms with Gasteiger partial charge in [0, 0.05) is 12.3 Å². The van der Waals surface area contributed by atoms with E-state index in [1.165, 1.54) is 32.1 Å². The molecule has 0 spiro atoms. The number of carbonyl (C=O) groups excluding carboxylic acids is 1. The van der Waals surface area contributed by atoms with Crippen molar-refractivity contribution in [3.8, 4) is 0 Å². The fourth-order valence-corrected chi connectivity index (χ4v) is 4.75. The number of aliphatic imine (C=N–C) groups is 1. The zero-order valence-electron chi connectivity index (χ0n) is 10.8. The van der Waals surface area contributed by atoms with E-state index in [0.29, 0.717) is 30.6 Å². The lowest BCUT2D eigenvalue weighted by atomic mass is 9.52. The number of nitrogens with two attached hydrogens (primary N) is 2. The second kappa shape index (κ2) is 4.65. The van der Waals surface area contributed by atoms with E-state index in [0.717, 1.165) is 11.8 Å². The number of amides is 1. The van der Waals surface area contributed by atoms with Gasteiger partial charge in [0.25, 0.3) is 5.91 Å². The average Bonchev–Trinajstić information content (AvgIpc) is 2.27. The Morgan fingerprint density at radius 1 is 1.06 bits per heavy atom. The van der Waals surface area contributed by atoms with Gasteiger partial charge >= 0.3 is 0 Å². The summed E-state index contributed by atoms with van der Waals surface area (Å²) in [5, 5.41) is 0. The van der Waals surface area contributed by atoms with Crippen molar-refractivity contribution in [2.24, 2.45) is 46.0 Å². The maximum absolute atomic E-state index is 12.3. The van der Waals surface area contributed by atoms with E-state index < -0.39 is 0 Å². The quantitative estimate of drug-likeness (QED) is 0.584. The zero-order chi connectivity index (χ0) is 12.7. The molecule has 0 saturated heterocycles. The minimum Gasteiger partial charge on any atom is -0.387 e. The average molecular weight is 249 g/mol. The van der Waals surface area contributed by atoms with Crippen LogP contribution in [0.5, 0.6) is 0 Å². The third kappa shape index (κ3) is 2.07. The molecule has 0 heterocycles. The van der Waals surface area contributed by atoms with Crippen molar-refractivity contribution in [2.75, 3.05) is 6.54 Å². The van der Waals surface area contributed by atoms with Crippen molar-refractivity contribution in [2.45, 2.75) is 38.5 Å². The Hall–Kier alpha value is -0.900. The van der Waals surface area contributed by atoms with Gasteiger partial charge in [0.15, 0.2) is 0 Å². The molecule has 1 amide bonds. The second-order valence-electron chi connectivity index (χ2n) is 6.44. The number of amidine groups is 1. The Morgan fingerprint density at radius 2 is 1.61 bits per heavy atom. The van der Waals surface area contributed by atoms with Crippen LogP contribution < -0.4 is 11.5 Å². The third-order valence-electron chi connectivity index (χ3n) is 5.17. The molecule has 4 bridgehead atoms. The summed E-state index contributed by atoms with van der Waals surface area (Å²) < 4.78 is 0. The Balaban J connectivity index is 1.73. The summed E-state index contributed by atoms with van der Waals surface area (Å²) in [4.78, 5) is 16.4. The largest absolute Gasteiger partial charge is 0.387 e. The van der Waals surface area contributed by atoms with Crippen molar-refractivity contribution in [3.63, 3.8) is 0 Å². The standard InChI is InChI=1S/C14H23N3O/c15-2-1-12(16)17-14(18)13-10-4-8-3-9(6-10)7-11(13)5-8/h8-11,13H,1-7,15H2,(H2,16,17,18). The normalized spacial score (nSPS) is 42.3. The highest BCUT2D eigenvalue weighted by Gasteiger charge is 2.50. The summed E-state index contributed by atoms with van der Waals surface area (Å²) in [6.45, 7) is 0.463. The topological polar surface area (TPSA) is 81.5 Å². The second-order valence-corrected chi connectivity index (χ2v) is 6.44. The number of hydrogen-bond donors (Lipinski definition) is 2. The highest BCUT2D eigenvalue weighted by atomic mass is 16.1. The third-order valence-corrected chi connectivity index (χ3v) is 5.17. The predicted octanol–water partition coefficient (Wildman–Crippen LogP) is 1.29. The molecule has 4 rings (SSSR count). The van der Waals surface area contributed by atoms with Gasteiger partial charge in [-0.1, -0.05) is 0 Å². The molecule has 4 nitrogen and oxygen atoms in total. The molecule has 0 aliphatic heterocycles. The van der Waals surface area contributed by atoms with E-state index in [9.17, 15) is 4.79 Å². The zero-order valence-corrected chi connectivity index (χ0v) is 10.8. The van der Waals surface area contributed by atoms with Crippen LogP contribution in [0, 0.1) is 29.6 Å². The van der Waals surface area contributed by atoms with Gasteiger partial charge in [0.2, 0.25) is 0 Å². The molecule has 100 valence electrons. The highest BCUT2D eigenvalue weighted by molar-refractivity contribution is 5.94. The first-order valence-electron chi connectivity index (χ1n) is 7.24. The molecular weight excluding hydrogens is 226 g/mol. The van der Waals surface area contributed by atoms with E-state index in [4.69, 9.17) is 11.5 Å². The lowest BCUT2D eigenvalue weighted by molar-refractivity contribution is -0.134. The molecule has 0 radical (unpaired) electrons. The number of hydrogen-bond acceptors (Lipinski definition) is 2. The van der Waals surface area contributed by atoms with Crippen LogP contribution in [0.3, 0.4) is 0 Å². The molecule has 4 fully saturated rings. The number of rotatable bonds is 3. The molecule has 4 aliphatic carbocycles. The van der Waals surface area contributed by atoms with Crippen molar-refractivity contribution in [3.05, 3.63) is 0 Å². The molecule has 0 aromatic heterocycles. The van der Waals surface area contributed by atoms with Crippen LogP contribution in [0.2, 0.25) is 0 Å². The molecule has 4 saturated carbocycles. The molecule has 4 aliphatic rings. The Labute approximate surface area is 108 Å². The first-order chi connectivity index (χ1) is 8.67. The minimum atomic E-state index is 0.0368. The summed E-state index contributed by atoms with van der Waals surface area (Å²) >= 11 is 0. The van der Waals surface area contributed by atoms with Crippen LogP contribution in [0.25, 0.3) is 0 Å². The van der Waals surface area contributed by atoms with E-state index in [2.05, 4.69) is 4.99 Å². The molecule has 4 N–H and O–H groups in total. The Kier molecular flexibility index (Phi) is 3.14. The van der Waals surface area contributed by atoms with Crippen molar-refractivity contribution in [1.29, 1.82) is 0 Å². The van der Waals surface area contributed by atoms with Gasteiger partial charge < -0.3 is 11.5 Å². The van der Waals surface area contributed by atoms with Crippen LogP contribution in [0.1, 0.15) is 38.5 Å². The van der Waals surface area contributed by atoms with Crippen LogP contribution in [0.15, 0.2) is 4.99 Å². The summed E-state index contributed by atoms with van der Waals surface area (Å²) in [6.07, 6.45) is 6.92. The summed E-state index contributed by atoms with van der Waals surface area (Å²) in [5.74, 6) is 3.57. The van der Waals surface area contributed by atoms with Crippen molar-refractivity contribution < 1.29 is 4.79 Å². The van der Waals surface area contributed by atoms with Crippen LogP contribution in [-0.4, -0.2) is 18.3 Å². The van der Waals surface area contributed by atoms with E-state index >= 15 is 0 Å². The summed E-state index contributed by atoms with van der Waals surface area (Å²) in [6, 6.07) is 0. The Morgan fingerprint density at radius 3 is 2.11 bits per heavy atom. The smallest absolute Gasteiger partial charge is 0.250 e. The van der Waals surface area contributed by atoms with Gasteiger partial charge in [-0.3, -0.25) is 4.79 Å². The Bertz CT molecular complexity index is 349. The number of nitrogens with zero attached hydrogens (tertiary/aromatic N) is 1. The lowest BCUT2D eigenvalue weighted by Crippen LogP contribution is -2.47. The molecule has 18 heavy (non-hydrogen) atoms. The van der Waals surface area contributed by atoms with E-state index in [-0.39, 0.29) is 11.8 Å². The van der Waals surface area contributed by atoms with Crippen molar-refractivity contribution in [1.82, 2.24) is 0 Å². The fraction of sp³-hybridized carbons (Fsp3) is 0.857. The summed E-state index contributed by atoms with van der Waals surface area (Å²) in [5.41, 5.74) is 11.2. The van der Waals surface area contributed by atoms with E-state index in [1.54, 1.807) is 0 Å². The molecule has 4 heteroatoms. The van der Waals surface area contributed by atoms with E-state index in [1.807, 2.05) is 0 Å². The first kappa shape index (κ1) is 12.2. The summed E-state index contributed by atoms with van der Waals surface area (Å²) in [7, 11) is 0. The predicted molar refractivity (Wildman–Crippen MR) is 70.8 cm³/mol. The van der Waals surface area contributed by atoms with Gasteiger partial charge in [-0.2, -0.15) is 0 Å². The minimum absolute atomic E-state index is 0.0368. The highest BCUT2D eigenvalue weighted by Crippen LogP contribution is 2.56. The van der Waals surface area contributed by atoms with Gasteiger partial charge in [0.05, 0.1) is 0 Å². The van der Waals surface area contributed by atoms with Gasteiger partial charge in [-0.25, -0.2) is 4.99 Å². The molecule has 0 atom stereocenters. The van der Waals surface area contributed by atoms with Crippen molar-refractivity contribution >= 4 is 11.7 Å². The van der Waals surface area contributed by atoms with Crippen LogP contribution in [0.4, 0.5) is 0 Å². The fourth-order valence-electron chi connectivity index (χ4n) is 4.75. The maximum atomic E-state index is 12.3. The first-order valence-corrected chi connectivity index (χ1v) is 7.24. The van der Waals surface area contributed by atoms with Gasteiger partial charge in [0.1, 0.15) is 5.84 Å². The SMILES string of the molecule is NCCC(N)=NC(=O)C1C2CC3CC(C2)CC1C3. The number of carbonyl (C=O) groups is 1. The lowest BCUT2D eigenvalue weighted by Gasteiger charge is -2.53. The maximum Gasteiger partial charge on any atom is 0.250 e. The van der Waals surface area contributed by atoms with Gasteiger partial charge in [-0.15, -0.1) is 0 Å². The molecular formula is C14H23N3O.